The summed E-state index contributed by atoms with van der Waals surface area (Å²) in [4.78, 5) is 37.1. The molecule has 2 aromatic rings. The van der Waals surface area contributed by atoms with Crippen LogP contribution in [0.15, 0.2) is 48.5 Å². The van der Waals surface area contributed by atoms with Gasteiger partial charge in [0.2, 0.25) is 0 Å². The van der Waals surface area contributed by atoms with E-state index in [1.165, 1.54) is 12.1 Å². The second-order valence-corrected chi connectivity index (χ2v) is 8.37. The number of urea groups is 1. The molecule has 1 saturated heterocycles. The number of carbonyl (C=O) groups is 3. The summed E-state index contributed by atoms with van der Waals surface area (Å²) in [6.45, 7) is 5.13. The van der Waals surface area contributed by atoms with E-state index < -0.39 is 40.5 Å². The van der Waals surface area contributed by atoms with Gasteiger partial charge in [-0.1, -0.05) is 51.1 Å². The normalized spacial score (nSPS) is 19.0. The number of benzene rings is 2. The van der Waals surface area contributed by atoms with Crippen LogP contribution in [0, 0.1) is 5.41 Å². The lowest BCUT2D eigenvalue weighted by molar-refractivity contribution is -0.137. The van der Waals surface area contributed by atoms with Crippen molar-refractivity contribution in [1.82, 2.24) is 16.0 Å². The fourth-order valence-electron chi connectivity index (χ4n) is 3.49. The monoisotopic (exact) mass is 433 g/mol. The van der Waals surface area contributed by atoms with E-state index >= 15 is 0 Å². The first-order valence-electron chi connectivity index (χ1n) is 9.54. The van der Waals surface area contributed by atoms with Crippen molar-refractivity contribution in [2.24, 2.45) is 5.41 Å². The van der Waals surface area contributed by atoms with Gasteiger partial charge in [-0.25, -0.2) is 4.79 Å². The Balaban J connectivity index is 1.87. The third-order valence-electron chi connectivity index (χ3n) is 5.43. The fraction of sp³-hybridized carbons (Fsp3) is 0.318. The number of carbonyl (C=O) groups excluding carboxylic acids is 3. The topological polar surface area (TPSA) is 87.3 Å². The van der Waals surface area contributed by atoms with Gasteiger partial charge in [0, 0.05) is 5.56 Å². The van der Waals surface area contributed by atoms with E-state index in [1.807, 2.05) is 0 Å². The van der Waals surface area contributed by atoms with Crippen molar-refractivity contribution in [3.8, 4) is 11.1 Å². The molecule has 3 N–H and O–H groups in total. The van der Waals surface area contributed by atoms with Gasteiger partial charge in [-0.05, 0) is 34.7 Å². The second-order valence-electron chi connectivity index (χ2n) is 8.37. The molecule has 0 spiro atoms. The number of nitrogens with one attached hydrogen (secondary N) is 3. The molecule has 0 bridgehead atoms. The highest BCUT2D eigenvalue weighted by Crippen LogP contribution is 2.34. The third-order valence-corrected chi connectivity index (χ3v) is 5.43. The Hall–Kier alpha value is -3.36. The van der Waals surface area contributed by atoms with Gasteiger partial charge in [0.1, 0.15) is 5.54 Å². The third kappa shape index (κ3) is 4.26. The summed E-state index contributed by atoms with van der Waals surface area (Å²) in [5.74, 6) is -1.06. The number of halogens is 3. The number of hydrogen-bond acceptors (Lipinski definition) is 3. The predicted molar refractivity (Wildman–Crippen MR) is 108 cm³/mol. The number of amides is 4. The molecule has 0 radical (unpaired) electrons. The summed E-state index contributed by atoms with van der Waals surface area (Å²) >= 11 is 0. The smallest absolute Gasteiger partial charge is 0.349 e. The second kappa shape index (κ2) is 7.72. The van der Waals surface area contributed by atoms with E-state index in [0.29, 0.717) is 11.1 Å². The van der Waals surface area contributed by atoms with Gasteiger partial charge in [-0.3, -0.25) is 14.9 Å². The van der Waals surface area contributed by atoms with Crippen LogP contribution in [0.1, 0.15) is 36.7 Å². The van der Waals surface area contributed by atoms with Gasteiger partial charge >= 0.3 is 12.2 Å². The molecule has 0 aliphatic carbocycles. The van der Waals surface area contributed by atoms with E-state index in [9.17, 15) is 27.6 Å². The molecule has 1 aliphatic heterocycles. The standard InChI is InChI=1S/C22H22F3N3O3/c1-20(2,3)21(18(30)27-19(31)28-21)12-26-17(29)16-7-5-4-6-15(16)13-8-10-14(11-9-13)22(23,24)25/h4-11H,12H2,1-3H3,(H,26,29)(H2,27,28,30,31)/t21-/m1/s1. The Morgan fingerprint density at radius 2 is 1.61 bits per heavy atom. The summed E-state index contributed by atoms with van der Waals surface area (Å²) in [7, 11) is 0. The van der Waals surface area contributed by atoms with Gasteiger partial charge in [0.05, 0.1) is 12.1 Å². The van der Waals surface area contributed by atoms with Crippen molar-refractivity contribution in [2.75, 3.05) is 6.54 Å². The number of imide groups is 1. The average Bonchev–Trinajstić information content (AvgIpc) is 2.99. The van der Waals surface area contributed by atoms with E-state index in [4.69, 9.17) is 0 Å². The maximum atomic E-state index is 12.9. The Bertz CT molecular complexity index is 1030. The van der Waals surface area contributed by atoms with Gasteiger partial charge in [-0.15, -0.1) is 0 Å². The Kier molecular flexibility index (Phi) is 5.56. The first kappa shape index (κ1) is 22.3. The lowest BCUT2D eigenvalue weighted by Gasteiger charge is -2.38. The summed E-state index contributed by atoms with van der Waals surface area (Å²) in [6.07, 6.45) is -4.46. The molecule has 1 aliphatic rings. The zero-order chi connectivity index (χ0) is 23.0. The molecule has 0 unspecified atom stereocenters. The van der Waals surface area contributed by atoms with E-state index in [2.05, 4.69) is 16.0 Å². The zero-order valence-corrected chi connectivity index (χ0v) is 17.2. The highest BCUT2D eigenvalue weighted by molar-refractivity contribution is 6.08. The van der Waals surface area contributed by atoms with Crippen LogP contribution in [0.4, 0.5) is 18.0 Å². The molecule has 9 heteroatoms. The van der Waals surface area contributed by atoms with Crippen molar-refractivity contribution in [1.29, 1.82) is 0 Å². The molecule has 164 valence electrons. The van der Waals surface area contributed by atoms with Crippen molar-refractivity contribution in [3.63, 3.8) is 0 Å². The summed E-state index contributed by atoms with van der Waals surface area (Å²) in [6, 6.07) is 10.3. The molecule has 1 atom stereocenters. The Labute approximate surface area is 177 Å². The molecule has 0 aromatic heterocycles. The average molecular weight is 433 g/mol. The van der Waals surface area contributed by atoms with Crippen molar-refractivity contribution < 1.29 is 27.6 Å². The number of hydrogen-bond donors (Lipinski definition) is 3. The van der Waals surface area contributed by atoms with E-state index in [1.54, 1.807) is 45.0 Å². The molecule has 0 saturated carbocycles. The first-order valence-corrected chi connectivity index (χ1v) is 9.54. The quantitative estimate of drug-likeness (QED) is 0.643. The molecule has 3 rings (SSSR count). The molecule has 6 nitrogen and oxygen atoms in total. The molecular weight excluding hydrogens is 411 g/mol. The van der Waals surface area contributed by atoms with Crippen LogP contribution in [0.25, 0.3) is 11.1 Å². The molecule has 2 aromatic carbocycles. The number of alkyl halides is 3. The first-order chi connectivity index (χ1) is 14.3. The highest BCUT2D eigenvalue weighted by atomic mass is 19.4. The van der Waals surface area contributed by atoms with Gasteiger partial charge in [0.15, 0.2) is 0 Å². The van der Waals surface area contributed by atoms with Crippen LogP contribution in [0.5, 0.6) is 0 Å². The minimum Gasteiger partial charge on any atom is -0.349 e. The maximum Gasteiger partial charge on any atom is 0.416 e. The lowest BCUT2D eigenvalue weighted by Crippen LogP contribution is -2.63. The van der Waals surface area contributed by atoms with Crippen LogP contribution in [-0.4, -0.2) is 29.9 Å². The van der Waals surface area contributed by atoms with Crippen LogP contribution in [0.3, 0.4) is 0 Å². The summed E-state index contributed by atoms with van der Waals surface area (Å²) in [5, 5.41) is 7.50. The molecule has 4 amide bonds. The van der Waals surface area contributed by atoms with Crippen molar-refractivity contribution in [2.45, 2.75) is 32.5 Å². The molecular formula is C22H22F3N3O3. The molecule has 31 heavy (non-hydrogen) atoms. The Morgan fingerprint density at radius 1 is 1.00 bits per heavy atom. The summed E-state index contributed by atoms with van der Waals surface area (Å²) < 4.78 is 38.5. The molecule has 1 fully saturated rings. The van der Waals surface area contributed by atoms with Crippen LogP contribution >= 0.6 is 0 Å². The van der Waals surface area contributed by atoms with Gasteiger partial charge in [0.25, 0.3) is 11.8 Å². The van der Waals surface area contributed by atoms with Gasteiger partial charge < -0.3 is 10.6 Å². The van der Waals surface area contributed by atoms with E-state index in [-0.39, 0.29) is 12.1 Å². The highest BCUT2D eigenvalue weighted by Gasteiger charge is 2.54. The van der Waals surface area contributed by atoms with Crippen LogP contribution in [0.2, 0.25) is 0 Å². The largest absolute Gasteiger partial charge is 0.416 e. The SMILES string of the molecule is CC(C)(C)[C@]1(CNC(=O)c2ccccc2-c2ccc(C(F)(F)F)cc2)NC(=O)NC1=O. The fourth-order valence-corrected chi connectivity index (χ4v) is 3.49. The Morgan fingerprint density at radius 3 is 2.13 bits per heavy atom. The van der Waals surface area contributed by atoms with Gasteiger partial charge in [-0.2, -0.15) is 13.2 Å². The summed E-state index contributed by atoms with van der Waals surface area (Å²) in [5.41, 5.74) is -1.72. The van der Waals surface area contributed by atoms with Crippen LogP contribution in [-0.2, 0) is 11.0 Å². The molecule has 1 heterocycles. The minimum atomic E-state index is -4.46. The zero-order valence-electron chi connectivity index (χ0n) is 17.2. The lowest BCUT2D eigenvalue weighted by atomic mass is 9.73. The van der Waals surface area contributed by atoms with Crippen molar-refractivity contribution >= 4 is 17.8 Å². The van der Waals surface area contributed by atoms with Crippen molar-refractivity contribution in [3.05, 3.63) is 59.7 Å². The predicted octanol–water partition coefficient (Wildman–Crippen LogP) is 3.73. The maximum absolute atomic E-state index is 12.9. The number of rotatable bonds is 4. The van der Waals surface area contributed by atoms with Crippen LogP contribution < -0.4 is 16.0 Å². The van der Waals surface area contributed by atoms with E-state index in [0.717, 1.165) is 12.1 Å². The minimum absolute atomic E-state index is 0.158.